The van der Waals surface area contributed by atoms with Gasteiger partial charge in [0.15, 0.2) is 5.78 Å². The molecule has 0 bridgehead atoms. The summed E-state index contributed by atoms with van der Waals surface area (Å²) in [6.45, 7) is 7.99. The highest BCUT2D eigenvalue weighted by atomic mass is 16.3. The highest BCUT2D eigenvalue weighted by Gasteiger charge is 2.51. The second kappa shape index (κ2) is 3.81. The third-order valence-corrected chi connectivity index (χ3v) is 4.66. The van der Waals surface area contributed by atoms with E-state index in [0.29, 0.717) is 5.92 Å². The molecule has 2 heteroatoms. The van der Waals surface area contributed by atoms with Gasteiger partial charge in [0, 0.05) is 16.9 Å². The van der Waals surface area contributed by atoms with Crippen molar-refractivity contribution in [3.8, 4) is 0 Å². The van der Waals surface area contributed by atoms with Crippen molar-refractivity contribution in [3.63, 3.8) is 0 Å². The number of ketones is 1. The highest BCUT2D eigenvalue weighted by molar-refractivity contribution is 6.06. The van der Waals surface area contributed by atoms with Crippen molar-refractivity contribution in [1.29, 1.82) is 0 Å². The van der Waals surface area contributed by atoms with Crippen LogP contribution < -0.4 is 0 Å². The summed E-state index contributed by atoms with van der Waals surface area (Å²) in [5.74, 6) is 0.557. The van der Waals surface area contributed by atoms with Gasteiger partial charge in [-0.15, -0.1) is 0 Å². The fourth-order valence-electron chi connectivity index (χ4n) is 3.55. The molecule has 0 unspecified atom stereocenters. The average Bonchev–Trinajstić information content (AvgIpc) is 2.19. The summed E-state index contributed by atoms with van der Waals surface area (Å²) < 4.78 is 0. The van der Waals surface area contributed by atoms with E-state index in [0.717, 1.165) is 18.4 Å². The highest BCUT2D eigenvalue weighted by Crippen LogP contribution is 2.53. The molecule has 0 aromatic carbocycles. The van der Waals surface area contributed by atoms with Crippen molar-refractivity contribution in [2.24, 2.45) is 17.3 Å². The lowest BCUT2D eigenvalue weighted by atomic mass is 9.54. The molecule has 0 amide bonds. The van der Waals surface area contributed by atoms with Crippen molar-refractivity contribution in [3.05, 3.63) is 23.8 Å². The van der Waals surface area contributed by atoms with Crippen LogP contribution in [-0.2, 0) is 4.79 Å². The SMILES string of the molecule is C[C@@H]1CCC=C2C(=O)C=C[C@@H](C(C)(C)O)[C@]21C. The molecule has 1 N–H and O–H groups in total. The summed E-state index contributed by atoms with van der Waals surface area (Å²) in [6.07, 6.45) is 7.68. The maximum absolute atomic E-state index is 12.0. The fourth-order valence-corrected chi connectivity index (χ4v) is 3.55. The predicted molar refractivity (Wildman–Crippen MR) is 68.5 cm³/mol. The zero-order valence-corrected chi connectivity index (χ0v) is 11.2. The van der Waals surface area contributed by atoms with Crippen LogP contribution in [0, 0.1) is 17.3 Å². The first-order valence-corrected chi connectivity index (χ1v) is 6.43. The van der Waals surface area contributed by atoms with Gasteiger partial charge >= 0.3 is 0 Å². The Morgan fingerprint density at radius 2 is 2.12 bits per heavy atom. The van der Waals surface area contributed by atoms with E-state index in [-0.39, 0.29) is 17.1 Å². The number of allylic oxidation sites excluding steroid dienone is 3. The van der Waals surface area contributed by atoms with Gasteiger partial charge in [0.25, 0.3) is 0 Å². The molecule has 0 fully saturated rings. The van der Waals surface area contributed by atoms with Gasteiger partial charge in [-0.1, -0.05) is 26.0 Å². The minimum Gasteiger partial charge on any atom is -0.390 e. The average molecular weight is 234 g/mol. The van der Waals surface area contributed by atoms with E-state index in [1.54, 1.807) is 6.08 Å². The molecular formula is C15H22O2. The maximum Gasteiger partial charge on any atom is 0.181 e. The van der Waals surface area contributed by atoms with Crippen LogP contribution in [0.25, 0.3) is 0 Å². The molecule has 0 aliphatic heterocycles. The first-order valence-electron chi connectivity index (χ1n) is 6.43. The summed E-state index contributed by atoms with van der Waals surface area (Å²) in [5, 5.41) is 10.4. The lowest BCUT2D eigenvalue weighted by molar-refractivity contribution is -0.115. The first kappa shape index (κ1) is 12.6. The van der Waals surface area contributed by atoms with E-state index in [1.165, 1.54) is 0 Å². The van der Waals surface area contributed by atoms with Crippen LogP contribution >= 0.6 is 0 Å². The largest absolute Gasteiger partial charge is 0.390 e. The lowest BCUT2D eigenvalue weighted by Crippen LogP contribution is -2.50. The molecule has 0 saturated heterocycles. The van der Waals surface area contributed by atoms with Crippen molar-refractivity contribution >= 4 is 5.78 Å². The maximum atomic E-state index is 12.0. The van der Waals surface area contributed by atoms with Crippen molar-refractivity contribution < 1.29 is 9.90 Å². The fraction of sp³-hybridized carbons (Fsp3) is 0.667. The number of carbonyl (C=O) groups excluding carboxylic acids is 1. The Balaban J connectivity index is 2.56. The minimum atomic E-state index is -0.795. The van der Waals surface area contributed by atoms with Crippen LogP contribution in [0.5, 0.6) is 0 Å². The van der Waals surface area contributed by atoms with Gasteiger partial charge in [0.05, 0.1) is 5.60 Å². The second-order valence-corrected chi connectivity index (χ2v) is 6.23. The first-order chi connectivity index (χ1) is 7.78. The number of carbonyl (C=O) groups is 1. The van der Waals surface area contributed by atoms with Gasteiger partial charge in [0.2, 0.25) is 0 Å². The standard InChI is InChI=1S/C15H22O2/c1-10-6-5-7-11-12(16)8-9-13(14(2,3)17)15(10,11)4/h7-10,13,17H,5-6H2,1-4H3/t10-,13+,15+/m1/s1. The Bertz CT molecular complexity index is 398. The predicted octanol–water partition coefficient (Wildman–Crippen LogP) is 2.88. The summed E-state index contributed by atoms with van der Waals surface area (Å²) in [5.41, 5.74) is -0.107. The summed E-state index contributed by atoms with van der Waals surface area (Å²) in [4.78, 5) is 12.0. The van der Waals surface area contributed by atoms with E-state index in [4.69, 9.17) is 0 Å². The number of hydrogen-bond acceptors (Lipinski definition) is 2. The normalized spacial score (nSPS) is 37.7. The van der Waals surface area contributed by atoms with Crippen molar-refractivity contribution in [2.75, 3.05) is 0 Å². The topological polar surface area (TPSA) is 37.3 Å². The molecule has 2 aliphatic carbocycles. The summed E-state index contributed by atoms with van der Waals surface area (Å²) >= 11 is 0. The third-order valence-electron chi connectivity index (χ3n) is 4.66. The zero-order valence-electron chi connectivity index (χ0n) is 11.2. The molecule has 94 valence electrons. The van der Waals surface area contributed by atoms with Crippen LogP contribution in [-0.4, -0.2) is 16.5 Å². The molecule has 0 spiro atoms. The van der Waals surface area contributed by atoms with Gasteiger partial charge < -0.3 is 5.11 Å². The Morgan fingerprint density at radius 1 is 1.47 bits per heavy atom. The molecular weight excluding hydrogens is 212 g/mol. The molecule has 3 atom stereocenters. The van der Waals surface area contributed by atoms with Gasteiger partial charge in [-0.2, -0.15) is 0 Å². The third kappa shape index (κ3) is 1.79. The molecule has 0 aromatic heterocycles. The minimum absolute atomic E-state index is 0.00856. The van der Waals surface area contributed by atoms with E-state index in [9.17, 15) is 9.90 Å². The molecule has 0 radical (unpaired) electrons. The number of fused-ring (bicyclic) bond motifs is 1. The molecule has 17 heavy (non-hydrogen) atoms. The lowest BCUT2D eigenvalue weighted by Gasteiger charge is -2.50. The quantitative estimate of drug-likeness (QED) is 0.757. The van der Waals surface area contributed by atoms with Crippen molar-refractivity contribution in [2.45, 2.75) is 46.1 Å². The van der Waals surface area contributed by atoms with E-state index in [1.807, 2.05) is 19.9 Å². The Hall–Kier alpha value is -0.890. The molecule has 2 nitrogen and oxygen atoms in total. The van der Waals surface area contributed by atoms with Crippen LogP contribution in [0.1, 0.15) is 40.5 Å². The molecule has 0 heterocycles. The number of rotatable bonds is 1. The molecule has 2 aliphatic rings. The number of aliphatic hydroxyl groups is 1. The Labute approximate surface area is 103 Å². The van der Waals surface area contributed by atoms with Crippen LogP contribution in [0.3, 0.4) is 0 Å². The molecule has 0 saturated carbocycles. The second-order valence-electron chi connectivity index (χ2n) is 6.23. The van der Waals surface area contributed by atoms with Gasteiger partial charge in [-0.05, 0) is 38.7 Å². The summed E-state index contributed by atoms with van der Waals surface area (Å²) in [6, 6.07) is 0. The number of hydrogen-bond donors (Lipinski definition) is 1. The van der Waals surface area contributed by atoms with Crippen LogP contribution in [0.2, 0.25) is 0 Å². The van der Waals surface area contributed by atoms with E-state index < -0.39 is 5.60 Å². The van der Waals surface area contributed by atoms with E-state index in [2.05, 4.69) is 19.9 Å². The van der Waals surface area contributed by atoms with Gasteiger partial charge in [-0.3, -0.25) is 4.79 Å². The summed E-state index contributed by atoms with van der Waals surface area (Å²) in [7, 11) is 0. The van der Waals surface area contributed by atoms with Crippen LogP contribution in [0.4, 0.5) is 0 Å². The Morgan fingerprint density at radius 3 is 2.71 bits per heavy atom. The molecule has 0 aromatic rings. The Kier molecular flexibility index (Phi) is 2.81. The van der Waals surface area contributed by atoms with Crippen molar-refractivity contribution in [1.82, 2.24) is 0 Å². The van der Waals surface area contributed by atoms with Crippen LogP contribution in [0.15, 0.2) is 23.8 Å². The zero-order chi connectivity index (χ0) is 12.8. The van der Waals surface area contributed by atoms with Gasteiger partial charge in [-0.25, -0.2) is 0 Å². The van der Waals surface area contributed by atoms with E-state index >= 15 is 0 Å². The monoisotopic (exact) mass is 234 g/mol. The van der Waals surface area contributed by atoms with Gasteiger partial charge in [0.1, 0.15) is 0 Å². The molecule has 2 rings (SSSR count). The smallest absolute Gasteiger partial charge is 0.181 e.